The molecule has 2 aromatic rings. The Bertz CT molecular complexity index is 1020. The lowest BCUT2D eigenvalue weighted by atomic mass is 10.1. The van der Waals surface area contributed by atoms with Gasteiger partial charge >= 0.3 is 12.0 Å². The van der Waals surface area contributed by atoms with Crippen LogP contribution in [0.25, 0.3) is 6.08 Å². The van der Waals surface area contributed by atoms with E-state index < -0.39 is 23.8 Å². The number of amides is 4. The average molecular weight is 396 g/mol. The summed E-state index contributed by atoms with van der Waals surface area (Å²) in [5, 5.41) is 3.97. The molecule has 1 heterocycles. The third-order valence-electron chi connectivity index (χ3n) is 3.95. The molecule has 1 aliphatic rings. The molecule has 0 spiro atoms. The first-order valence-corrected chi connectivity index (χ1v) is 8.34. The topological polar surface area (TPSA) is 120 Å². The third kappa shape index (κ3) is 4.41. The maximum atomic E-state index is 12.4. The van der Waals surface area contributed by atoms with Crippen LogP contribution in [0.5, 0.6) is 17.2 Å². The lowest BCUT2D eigenvalue weighted by Crippen LogP contribution is -2.51. The number of benzene rings is 2. The van der Waals surface area contributed by atoms with E-state index >= 15 is 0 Å². The van der Waals surface area contributed by atoms with Gasteiger partial charge in [0.1, 0.15) is 11.3 Å². The number of carbonyl (C=O) groups is 4. The molecule has 0 bridgehead atoms. The van der Waals surface area contributed by atoms with Gasteiger partial charge in [-0.05, 0) is 42.0 Å². The summed E-state index contributed by atoms with van der Waals surface area (Å²) in [5.74, 6) is -1.37. The van der Waals surface area contributed by atoms with Crippen molar-refractivity contribution in [1.82, 2.24) is 10.6 Å². The Balaban J connectivity index is 1.84. The molecule has 1 fully saturated rings. The van der Waals surface area contributed by atoms with Crippen LogP contribution in [0.2, 0.25) is 0 Å². The van der Waals surface area contributed by atoms with Crippen LogP contribution >= 0.6 is 0 Å². The van der Waals surface area contributed by atoms with Crippen molar-refractivity contribution in [1.29, 1.82) is 0 Å². The number of rotatable bonds is 5. The van der Waals surface area contributed by atoms with Gasteiger partial charge in [0.2, 0.25) is 0 Å². The molecule has 0 aliphatic carbocycles. The van der Waals surface area contributed by atoms with Crippen molar-refractivity contribution in [3.8, 4) is 17.2 Å². The molecule has 29 heavy (non-hydrogen) atoms. The first kappa shape index (κ1) is 19.6. The van der Waals surface area contributed by atoms with E-state index in [4.69, 9.17) is 14.2 Å². The van der Waals surface area contributed by atoms with Crippen LogP contribution in [0.3, 0.4) is 0 Å². The Labute approximate surface area is 165 Å². The highest BCUT2D eigenvalue weighted by Crippen LogP contribution is 2.30. The van der Waals surface area contributed by atoms with Crippen LogP contribution in [0.15, 0.2) is 48.0 Å². The molecule has 0 unspecified atom stereocenters. The lowest BCUT2D eigenvalue weighted by Gasteiger charge is -2.14. The number of carbonyl (C=O) groups excluding carboxylic acids is 4. The molecule has 0 aromatic heterocycles. The molecule has 2 aromatic carbocycles. The molecule has 148 valence electrons. The van der Waals surface area contributed by atoms with Crippen LogP contribution in [-0.2, 0) is 9.59 Å². The molecule has 3 rings (SSSR count). The summed E-state index contributed by atoms with van der Waals surface area (Å²) in [7, 11) is 2.87. The van der Waals surface area contributed by atoms with Gasteiger partial charge in [0.15, 0.2) is 11.5 Å². The number of imide groups is 2. The quantitative estimate of drug-likeness (QED) is 0.341. The Morgan fingerprint density at radius 1 is 0.897 bits per heavy atom. The Kier molecular flexibility index (Phi) is 5.59. The molecule has 9 nitrogen and oxygen atoms in total. The van der Waals surface area contributed by atoms with E-state index in [1.165, 1.54) is 44.6 Å². The minimum absolute atomic E-state index is 0.148. The third-order valence-corrected chi connectivity index (χ3v) is 3.95. The van der Waals surface area contributed by atoms with E-state index in [0.717, 1.165) is 0 Å². The van der Waals surface area contributed by atoms with Crippen LogP contribution in [0.4, 0.5) is 4.79 Å². The van der Waals surface area contributed by atoms with Gasteiger partial charge in [-0.3, -0.25) is 20.2 Å². The molecular formula is C20H16N2O7. The molecule has 9 heteroatoms. The average Bonchev–Trinajstić information content (AvgIpc) is 2.71. The summed E-state index contributed by atoms with van der Waals surface area (Å²) in [6.07, 6.45) is 1.29. The van der Waals surface area contributed by atoms with Gasteiger partial charge in [-0.25, -0.2) is 9.59 Å². The summed E-state index contributed by atoms with van der Waals surface area (Å²) >= 11 is 0. The second-order valence-corrected chi connectivity index (χ2v) is 5.83. The van der Waals surface area contributed by atoms with Crippen molar-refractivity contribution in [2.45, 2.75) is 0 Å². The first-order valence-electron chi connectivity index (χ1n) is 8.34. The van der Waals surface area contributed by atoms with Crippen molar-refractivity contribution < 1.29 is 33.4 Å². The minimum Gasteiger partial charge on any atom is -0.497 e. The first-order chi connectivity index (χ1) is 13.9. The molecule has 0 radical (unpaired) electrons. The van der Waals surface area contributed by atoms with Crippen molar-refractivity contribution in [2.24, 2.45) is 0 Å². The maximum absolute atomic E-state index is 12.4. The van der Waals surface area contributed by atoms with Crippen LogP contribution in [0, 0.1) is 0 Å². The number of urea groups is 1. The smallest absolute Gasteiger partial charge is 0.343 e. The highest BCUT2D eigenvalue weighted by Gasteiger charge is 2.27. The second kappa shape index (κ2) is 8.26. The van der Waals surface area contributed by atoms with Crippen molar-refractivity contribution in [3.63, 3.8) is 0 Å². The van der Waals surface area contributed by atoms with Gasteiger partial charge in [0.05, 0.1) is 19.8 Å². The zero-order valence-electron chi connectivity index (χ0n) is 15.5. The zero-order valence-corrected chi connectivity index (χ0v) is 15.5. The molecule has 0 atom stereocenters. The molecule has 1 aliphatic heterocycles. The largest absolute Gasteiger partial charge is 0.497 e. The molecule has 4 amide bonds. The fraction of sp³-hybridized carbons (Fsp3) is 0.100. The highest BCUT2D eigenvalue weighted by atomic mass is 16.6. The van der Waals surface area contributed by atoms with E-state index in [9.17, 15) is 19.2 Å². The Morgan fingerprint density at radius 3 is 2.28 bits per heavy atom. The molecule has 2 N–H and O–H groups in total. The number of hydrogen-bond donors (Lipinski definition) is 2. The van der Waals surface area contributed by atoms with Crippen LogP contribution in [0.1, 0.15) is 15.9 Å². The Morgan fingerprint density at radius 2 is 1.62 bits per heavy atom. The van der Waals surface area contributed by atoms with E-state index in [1.54, 1.807) is 18.2 Å². The molecule has 0 saturated carbocycles. The zero-order chi connectivity index (χ0) is 21.0. The normalized spacial score (nSPS) is 13.3. The van der Waals surface area contributed by atoms with Gasteiger partial charge in [0.25, 0.3) is 11.8 Å². The number of hydrogen-bond acceptors (Lipinski definition) is 7. The summed E-state index contributed by atoms with van der Waals surface area (Å²) in [4.78, 5) is 47.2. The fourth-order valence-corrected chi connectivity index (χ4v) is 2.54. The number of ether oxygens (including phenoxy) is 3. The highest BCUT2D eigenvalue weighted by molar-refractivity contribution is 6.31. The lowest BCUT2D eigenvalue weighted by molar-refractivity contribution is -0.123. The monoisotopic (exact) mass is 396 g/mol. The minimum atomic E-state index is -0.880. The summed E-state index contributed by atoms with van der Waals surface area (Å²) in [5.41, 5.74) is 0.475. The Hall–Kier alpha value is -4.14. The van der Waals surface area contributed by atoms with E-state index in [0.29, 0.717) is 11.3 Å². The molecule has 1 saturated heterocycles. The molecular weight excluding hydrogens is 380 g/mol. The SMILES string of the molecule is COc1cccc(C(=O)Oc2ccc(C=C3C(=O)NC(=O)NC3=O)cc2OC)c1. The predicted molar refractivity (Wildman–Crippen MR) is 101 cm³/mol. The number of esters is 1. The van der Waals surface area contributed by atoms with Gasteiger partial charge in [0, 0.05) is 0 Å². The van der Waals surface area contributed by atoms with E-state index in [1.807, 2.05) is 10.6 Å². The van der Waals surface area contributed by atoms with Crippen molar-refractivity contribution >= 4 is 29.9 Å². The predicted octanol–water partition coefficient (Wildman–Crippen LogP) is 1.67. The van der Waals surface area contributed by atoms with Gasteiger partial charge in [-0.2, -0.15) is 0 Å². The van der Waals surface area contributed by atoms with Crippen molar-refractivity contribution in [3.05, 3.63) is 59.2 Å². The van der Waals surface area contributed by atoms with E-state index in [-0.39, 0.29) is 22.6 Å². The number of nitrogens with one attached hydrogen (secondary N) is 2. The fourth-order valence-electron chi connectivity index (χ4n) is 2.54. The number of methoxy groups -OCH3 is 2. The van der Waals surface area contributed by atoms with E-state index in [2.05, 4.69) is 0 Å². The van der Waals surface area contributed by atoms with Gasteiger partial charge in [-0.15, -0.1) is 0 Å². The second-order valence-electron chi connectivity index (χ2n) is 5.83. The summed E-state index contributed by atoms with van der Waals surface area (Å²) < 4.78 is 15.7. The van der Waals surface area contributed by atoms with Gasteiger partial charge in [-0.1, -0.05) is 12.1 Å². The van der Waals surface area contributed by atoms with Crippen LogP contribution in [-0.4, -0.2) is 38.0 Å². The standard InChI is InChI=1S/C20H16N2O7/c1-27-13-5-3-4-12(10-13)19(25)29-15-7-6-11(9-16(15)28-2)8-14-17(23)21-20(26)22-18(14)24/h3-10H,1-2H3,(H2,21,22,23,24,26). The van der Waals surface area contributed by atoms with Crippen molar-refractivity contribution in [2.75, 3.05) is 14.2 Å². The number of barbiturate groups is 1. The maximum Gasteiger partial charge on any atom is 0.343 e. The summed E-state index contributed by atoms with van der Waals surface area (Å²) in [6.45, 7) is 0. The van der Waals surface area contributed by atoms with Crippen LogP contribution < -0.4 is 24.8 Å². The van der Waals surface area contributed by atoms with Gasteiger partial charge < -0.3 is 14.2 Å². The summed E-state index contributed by atoms with van der Waals surface area (Å²) in [6, 6.07) is 10.1.